The van der Waals surface area contributed by atoms with Gasteiger partial charge in [-0.05, 0) is 13.3 Å². The van der Waals surface area contributed by atoms with Crippen molar-refractivity contribution in [2.45, 2.75) is 27.2 Å². The van der Waals surface area contributed by atoms with E-state index in [2.05, 4.69) is 25.7 Å². The van der Waals surface area contributed by atoms with Gasteiger partial charge in [-0.25, -0.2) is 0 Å². The summed E-state index contributed by atoms with van der Waals surface area (Å²) in [6.45, 7) is 6.16. The van der Waals surface area contributed by atoms with Crippen molar-refractivity contribution in [3.8, 4) is 11.8 Å². The van der Waals surface area contributed by atoms with E-state index in [0.717, 1.165) is 0 Å². The molecule has 0 aliphatic rings. The van der Waals surface area contributed by atoms with Crippen LogP contribution in [0, 0.1) is 17.8 Å². The second-order valence-corrected chi connectivity index (χ2v) is 1.70. The topological polar surface area (TPSA) is 0 Å². The minimum atomic E-state index is 0. The van der Waals surface area contributed by atoms with Crippen molar-refractivity contribution in [2.75, 3.05) is 0 Å². The van der Waals surface area contributed by atoms with Gasteiger partial charge >= 0.3 is 18.9 Å². The fraction of sp³-hybridized carbons (Fsp3) is 0.714. The second-order valence-electron chi connectivity index (χ2n) is 1.70. The molecule has 0 radical (unpaired) electrons. The van der Waals surface area contributed by atoms with Gasteiger partial charge in [0.05, 0.1) is 0 Å². The van der Waals surface area contributed by atoms with Crippen LogP contribution in [-0.2, 0) is 0 Å². The first kappa shape index (κ1) is 11.0. The predicted molar refractivity (Wildman–Crippen MR) is 40.1 cm³/mol. The molecular formula is C7H13Li. The quantitative estimate of drug-likeness (QED) is 0.348. The average Bonchev–Trinajstić information content (AvgIpc) is 1.68. The van der Waals surface area contributed by atoms with Gasteiger partial charge in [0, 0.05) is 5.92 Å². The van der Waals surface area contributed by atoms with Gasteiger partial charge in [-0.1, -0.05) is 13.8 Å². The summed E-state index contributed by atoms with van der Waals surface area (Å²) in [5.74, 6) is 6.50. The zero-order valence-electron chi connectivity index (χ0n) is 5.28. The molecule has 1 atom stereocenters. The van der Waals surface area contributed by atoms with Crippen LogP contribution in [0.5, 0.6) is 0 Å². The Morgan fingerprint density at radius 3 is 2.12 bits per heavy atom. The molecule has 0 saturated carbocycles. The summed E-state index contributed by atoms with van der Waals surface area (Å²) in [6, 6.07) is 0. The molecule has 0 nitrogen and oxygen atoms in total. The number of hydrogen-bond donors (Lipinski definition) is 0. The van der Waals surface area contributed by atoms with E-state index in [4.69, 9.17) is 0 Å². The Bertz CT molecular complexity index is 86.3. The van der Waals surface area contributed by atoms with Crippen LogP contribution in [0.4, 0.5) is 0 Å². The van der Waals surface area contributed by atoms with Gasteiger partial charge in [0.1, 0.15) is 0 Å². The standard InChI is InChI=1S/C7H12.Li.H/c1-4-6-7(3)5-2;;/h7H,5H2,1-3H3;;. The van der Waals surface area contributed by atoms with Gasteiger partial charge in [-0.2, -0.15) is 0 Å². The molecular weight excluding hydrogens is 91.0 g/mol. The van der Waals surface area contributed by atoms with Gasteiger partial charge in [0.15, 0.2) is 0 Å². The van der Waals surface area contributed by atoms with Crippen LogP contribution >= 0.6 is 0 Å². The molecule has 42 valence electrons. The van der Waals surface area contributed by atoms with Crippen LogP contribution in [0.1, 0.15) is 27.2 Å². The Balaban J connectivity index is 0. The zero-order valence-corrected chi connectivity index (χ0v) is 5.28. The SMILES string of the molecule is CC#CC(C)CC.[LiH]. The third-order valence-electron chi connectivity index (χ3n) is 1.00. The molecule has 0 aliphatic carbocycles. The normalized spacial score (nSPS) is 10.4. The molecule has 0 aromatic rings. The summed E-state index contributed by atoms with van der Waals surface area (Å²) >= 11 is 0. The Labute approximate surface area is 64.2 Å². The van der Waals surface area contributed by atoms with Crippen molar-refractivity contribution >= 4 is 18.9 Å². The van der Waals surface area contributed by atoms with Crippen molar-refractivity contribution < 1.29 is 0 Å². The minimum absolute atomic E-state index is 0. The molecule has 0 aromatic heterocycles. The van der Waals surface area contributed by atoms with E-state index in [1.165, 1.54) is 6.42 Å². The molecule has 0 aliphatic heterocycles. The van der Waals surface area contributed by atoms with E-state index in [0.29, 0.717) is 5.92 Å². The molecule has 0 spiro atoms. The van der Waals surface area contributed by atoms with E-state index >= 15 is 0 Å². The van der Waals surface area contributed by atoms with Crippen LogP contribution in [0.3, 0.4) is 0 Å². The van der Waals surface area contributed by atoms with Gasteiger partial charge in [-0.15, -0.1) is 11.8 Å². The van der Waals surface area contributed by atoms with Crippen LogP contribution < -0.4 is 0 Å². The van der Waals surface area contributed by atoms with Crippen molar-refractivity contribution in [3.05, 3.63) is 0 Å². The Morgan fingerprint density at radius 2 is 2.00 bits per heavy atom. The number of hydrogen-bond acceptors (Lipinski definition) is 0. The first-order chi connectivity index (χ1) is 3.31. The van der Waals surface area contributed by atoms with E-state index in [-0.39, 0.29) is 18.9 Å². The van der Waals surface area contributed by atoms with Crippen molar-refractivity contribution in [1.29, 1.82) is 0 Å². The van der Waals surface area contributed by atoms with E-state index < -0.39 is 0 Å². The third kappa shape index (κ3) is 6.16. The second kappa shape index (κ2) is 7.16. The molecule has 0 aromatic carbocycles. The Hall–Kier alpha value is 0.157. The molecule has 0 rings (SSSR count). The van der Waals surface area contributed by atoms with Gasteiger partial charge in [0.25, 0.3) is 0 Å². The number of rotatable bonds is 1. The predicted octanol–water partition coefficient (Wildman–Crippen LogP) is 1.41. The summed E-state index contributed by atoms with van der Waals surface area (Å²) in [5, 5.41) is 0. The van der Waals surface area contributed by atoms with Crippen molar-refractivity contribution in [2.24, 2.45) is 5.92 Å². The van der Waals surface area contributed by atoms with Gasteiger partial charge < -0.3 is 0 Å². The van der Waals surface area contributed by atoms with Crippen LogP contribution in [0.25, 0.3) is 0 Å². The van der Waals surface area contributed by atoms with Crippen LogP contribution in [0.2, 0.25) is 0 Å². The molecule has 0 bridgehead atoms. The first-order valence-corrected chi connectivity index (χ1v) is 2.73. The summed E-state index contributed by atoms with van der Waals surface area (Å²) in [5.41, 5.74) is 0. The maximum atomic E-state index is 3.05. The monoisotopic (exact) mass is 104 g/mol. The van der Waals surface area contributed by atoms with Crippen molar-refractivity contribution in [1.82, 2.24) is 0 Å². The third-order valence-corrected chi connectivity index (χ3v) is 1.00. The van der Waals surface area contributed by atoms with Gasteiger partial charge in [0.2, 0.25) is 0 Å². The van der Waals surface area contributed by atoms with E-state index in [9.17, 15) is 0 Å². The average molecular weight is 104 g/mol. The molecule has 0 N–H and O–H groups in total. The molecule has 0 saturated heterocycles. The van der Waals surface area contributed by atoms with Crippen LogP contribution in [-0.4, -0.2) is 18.9 Å². The van der Waals surface area contributed by atoms with Crippen molar-refractivity contribution in [3.63, 3.8) is 0 Å². The summed E-state index contributed by atoms with van der Waals surface area (Å²) in [7, 11) is 0. The fourth-order valence-corrected chi connectivity index (χ4v) is 0.348. The maximum absolute atomic E-state index is 3.05. The molecule has 1 heteroatoms. The Kier molecular flexibility index (Phi) is 9.86. The first-order valence-electron chi connectivity index (χ1n) is 2.73. The summed E-state index contributed by atoms with van der Waals surface area (Å²) in [4.78, 5) is 0. The molecule has 0 fully saturated rings. The van der Waals surface area contributed by atoms with Crippen LogP contribution in [0.15, 0.2) is 0 Å². The summed E-state index contributed by atoms with van der Waals surface area (Å²) in [6.07, 6.45) is 1.17. The molecule has 1 unspecified atom stereocenters. The fourth-order valence-electron chi connectivity index (χ4n) is 0.348. The molecule has 0 amide bonds. The molecule has 8 heavy (non-hydrogen) atoms. The molecule has 0 heterocycles. The summed E-state index contributed by atoms with van der Waals surface area (Å²) < 4.78 is 0. The van der Waals surface area contributed by atoms with Gasteiger partial charge in [-0.3, -0.25) is 0 Å². The van der Waals surface area contributed by atoms with E-state index in [1.807, 2.05) is 6.92 Å². The Morgan fingerprint density at radius 1 is 1.50 bits per heavy atom. The van der Waals surface area contributed by atoms with E-state index in [1.54, 1.807) is 0 Å². The zero-order chi connectivity index (χ0) is 5.70.